The van der Waals surface area contributed by atoms with Gasteiger partial charge < -0.3 is 0 Å². The summed E-state index contributed by atoms with van der Waals surface area (Å²) in [7, 11) is 0. The summed E-state index contributed by atoms with van der Waals surface area (Å²) >= 11 is 0. The van der Waals surface area contributed by atoms with E-state index >= 15 is 0 Å². The summed E-state index contributed by atoms with van der Waals surface area (Å²) in [6.07, 6.45) is 4.25. The number of aromatic nitrogens is 4. The molecule has 0 atom stereocenters. The van der Waals surface area contributed by atoms with Crippen molar-refractivity contribution in [3.05, 3.63) is 34.9 Å². The Morgan fingerprint density at radius 2 is 1.80 bits per heavy atom. The minimum atomic E-state index is -2.48. The van der Waals surface area contributed by atoms with Crippen LogP contribution in [0.15, 0.2) is 12.1 Å². The lowest BCUT2D eigenvalue weighted by molar-refractivity contribution is -0.0457. The number of nitrogens with zero attached hydrogens (tertiary/aromatic N) is 4. The Kier molecular flexibility index (Phi) is 4.08. The van der Waals surface area contributed by atoms with E-state index in [-0.39, 0.29) is 18.8 Å². The third-order valence-electron chi connectivity index (χ3n) is 5.32. The van der Waals surface area contributed by atoms with Crippen LogP contribution < -0.4 is 0 Å². The van der Waals surface area contributed by atoms with E-state index in [9.17, 15) is 8.78 Å². The molecule has 2 aromatic rings. The van der Waals surface area contributed by atoms with Gasteiger partial charge in [0, 0.05) is 35.8 Å². The van der Waals surface area contributed by atoms with Crippen molar-refractivity contribution in [1.29, 1.82) is 0 Å². The van der Waals surface area contributed by atoms with E-state index in [0.29, 0.717) is 24.7 Å². The summed E-state index contributed by atoms with van der Waals surface area (Å²) in [4.78, 5) is 9.45. The first-order chi connectivity index (χ1) is 11.9. The molecule has 0 aromatic carbocycles. The van der Waals surface area contributed by atoms with Gasteiger partial charge in [-0.2, -0.15) is 5.10 Å². The first-order valence-electron chi connectivity index (χ1n) is 9.19. The quantitative estimate of drug-likeness (QED) is 0.817. The summed E-state index contributed by atoms with van der Waals surface area (Å²) in [6.45, 7) is 3.95. The first-order valence-corrected chi connectivity index (χ1v) is 9.19. The average molecular weight is 346 g/mol. The molecule has 0 saturated heterocycles. The van der Waals surface area contributed by atoms with Crippen molar-refractivity contribution in [3.63, 3.8) is 0 Å². The largest absolute Gasteiger partial charge is 0.251 e. The molecule has 134 valence electrons. The predicted molar refractivity (Wildman–Crippen MR) is 91.2 cm³/mol. The fraction of sp³-hybridized carbons (Fsp3) is 0.632. The zero-order valence-electron chi connectivity index (χ0n) is 14.8. The Hall–Kier alpha value is -1.85. The number of aryl methyl sites for hydroxylation is 2. The van der Waals surface area contributed by atoms with E-state index < -0.39 is 5.92 Å². The smallest absolute Gasteiger partial charge is 0.216 e. The van der Waals surface area contributed by atoms with Crippen LogP contribution >= 0.6 is 0 Å². The van der Waals surface area contributed by atoms with Crippen molar-refractivity contribution in [2.45, 2.75) is 70.6 Å². The maximum absolute atomic E-state index is 13.4. The number of halogens is 2. The molecule has 0 bridgehead atoms. The standard InChI is InChI=1S/C19H24F2N4/c1-12-9-13(2)25(24-12)18-22-16(11-17(23-18)15-3-4-15)10-14-5-7-19(20,21)8-6-14/h9,11,14-15H,3-8,10H2,1-2H3. The Morgan fingerprint density at radius 1 is 1.08 bits per heavy atom. The highest BCUT2D eigenvalue weighted by atomic mass is 19.3. The van der Waals surface area contributed by atoms with Gasteiger partial charge in [0.1, 0.15) is 0 Å². The molecule has 2 heterocycles. The minimum absolute atomic E-state index is 0.00253. The molecule has 2 aliphatic rings. The molecule has 4 rings (SSSR count). The fourth-order valence-electron chi connectivity index (χ4n) is 3.72. The monoisotopic (exact) mass is 346 g/mol. The third kappa shape index (κ3) is 3.72. The highest BCUT2D eigenvalue weighted by Crippen LogP contribution is 2.40. The van der Waals surface area contributed by atoms with Gasteiger partial charge in [-0.1, -0.05) is 0 Å². The van der Waals surface area contributed by atoms with Crippen molar-refractivity contribution < 1.29 is 8.78 Å². The topological polar surface area (TPSA) is 43.6 Å². The van der Waals surface area contributed by atoms with Crippen molar-refractivity contribution in [3.8, 4) is 5.95 Å². The van der Waals surface area contributed by atoms with Gasteiger partial charge in [0.15, 0.2) is 0 Å². The second-order valence-electron chi connectivity index (χ2n) is 7.70. The van der Waals surface area contributed by atoms with Gasteiger partial charge in [0.2, 0.25) is 5.92 Å². The minimum Gasteiger partial charge on any atom is -0.216 e. The average Bonchev–Trinajstić information content (AvgIpc) is 3.34. The van der Waals surface area contributed by atoms with Gasteiger partial charge in [-0.05, 0) is 64.0 Å². The summed E-state index contributed by atoms with van der Waals surface area (Å²) in [5.74, 6) is -1.05. The van der Waals surface area contributed by atoms with Gasteiger partial charge >= 0.3 is 0 Å². The summed E-state index contributed by atoms with van der Waals surface area (Å²) in [5.41, 5.74) is 3.99. The molecule has 2 aromatic heterocycles. The molecular weight excluding hydrogens is 322 g/mol. The van der Waals surface area contributed by atoms with Crippen LogP contribution in [0.2, 0.25) is 0 Å². The first kappa shape index (κ1) is 16.6. The molecule has 0 amide bonds. The highest BCUT2D eigenvalue weighted by Gasteiger charge is 2.35. The SMILES string of the molecule is Cc1cc(C)n(-c2nc(CC3CCC(F)(F)CC3)cc(C3CC3)n2)n1. The molecular formula is C19H24F2N4. The zero-order valence-corrected chi connectivity index (χ0v) is 14.8. The number of rotatable bonds is 4. The van der Waals surface area contributed by atoms with Crippen LogP contribution in [0.1, 0.15) is 67.2 Å². The number of alkyl halides is 2. The lowest BCUT2D eigenvalue weighted by atomic mass is 9.84. The fourth-order valence-corrected chi connectivity index (χ4v) is 3.72. The van der Waals surface area contributed by atoms with Crippen LogP contribution in [0.25, 0.3) is 5.95 Å². The van der Waals surface area contributed by atoms with E-state index in [0.717, 1.165) is 29.2 Å². The van der Waals surface area contributed by atoms with Gasteiger partial charge in [-0.25, -0.2) is 23.4 Å². The van der Waals surface area contributed by atoms with E-state index in [1.54, 1.807) is 4.68 Å². The van der Waals surface area contributed by atoms with Crippen LogP contribution in [0.5, 0.6) is 0 Å². The van der Waals surface area contributed by atoms with E-state index in [1.165, 1.54) is 12.8 Å². The molecule has 0 unspecified atom stereocenters. The Bertz CT molecular complexity index is 770. The van der Waals surface area contributed by atoms with Gasteiger partial charge in [-0.3, -0.25) is 0 Å². The second-order valence-corrected chi connectivity index (χ2v) is 7.70. The van der Waals surface area contributed by atoms with E-state index in [4.69, 9.17) is 9.97 Å². The van der Waals surface area contributed by atoms with Crippen LogP contribution in [0.3, 0.4) is 0 Å². The van der Waals surface area contributed by atoms with Crippen LogP contribution in [0.4, 0.5) is 8.78 Å². The number of hydrogen-bond acceptors (Lipinski definition) is 3. The maximum Gasteiger partial charge on any atom is 0.251 e. The molecule has 0 N–H and O–H groups in total. The molecule has 2 fully saturated rings. The van der Waals surface area contributed by atoms with Crippen LogP contribution in [0, 0.1) is 19.8 Å². The normalized spacial score (nSPS) is 20.8. The van der Waals surface area contributed by atoms with Gasteiger partial charge in [0.05, 0.1) is 5.69 Å². The van der Waals surface area contributed by atoms with Crippen molar-refractivity contribution in [2.75, 3.05) is 0 Å². The second kappa shape index (κ2) is 6.15. The lowest BCUT2D eigenvalue weighted by Crippen LogP contribution is -2.25. The molecule has 6 heteroatoms. The highest BCUT2D eigenvalue weighted by molar-refractivity contribution is 5.26. The van der Waals surface area contributed by atoms with Gasteiger partial charge in [0.25, 0.3) is 5.95 Å². The molecule has 0 spiro atoms. The van der Waals surface area contributed by atoms with Crippen LogP contribution in [-0.4, -0.2) is 25.7 Å². The van der Waals surface area contributed by atoms with Gasteiger partial charge in [-0.15, -0.1) is 0 Å². The molecule has 4 nitrogen and oxygen atoms in total. The molecule has 0 aliphatic heterocycles. The van der Waals surface area contributed by atoms with Crippen molar-refractivity contribution in [1.82, 2.24) is 19.7 Å². The zero-order chi connectivity index (χ0) is 17.6. The van der Waals surface area contributed by atoms with Crippen molar-refractivity contribution in [2.24, 2.45) is 5.92 Å². The summed E-state index contributed by atoms with van der Waals surface area (Å²) in [5, 5.41) is 4.50. The predicted octanol–water partition coefficient (Wildman–Crippen LogP) is 4.52. The number of hydrogen-bond donors (Lipinski definition) is 0. The van der Waals surface area contributed by atoms with Crippen LogP contribution in [-0.2, 0) is 6.42 Å². The van der Waals surface area contributed by atoms with E-state index in [1.807, 2.05) is 19.9 Å². The summed E-state index contributed by atoms with van der Waals surface area (Å²) < 4.78 is 28.6. The Labute approximate surface area is 146 Å². The Morgan fingerprint density at radius 3 is 2.40 bits per heavy atom. The van der Waals surface area contributed by atoms with E-state index in [2.05, 4.69) is 11.2 Å². The maximum atomic E-state index is 13.4. The molecule has 25 heavy (non-hydrogen) atoms. The molecule has 0 radical (unpaired) electrons. The Balaban J connectivity index is 1.60. The molecule has 2 aliphatic carbocycles. The summed E-state index contributed by atoms with van der Waals surface area (Å²) in [6, 6.07) is 4.09. The third-order valence-corrected chi connectivity index (χ3v) is 5.32. The van der Waals surface area contributed by atoms with Crippen molar-refractivity contribution >= 4 is 0 Å². The molecule has 2 saturated carbocycles. The lowest BCUT2D eigenvalue weighted by Gasteiger charge is -2.28.